The zero-order valence-electron chi connectivity index (χ0n) is 13.7. The molecule has 0 amide bonds. The minimum Gasteiger partial charge on any atom is -0.314 e. The molecule has 2 aromatic rings. The molecule has 2 rings (SSSR count). The van der Waals surface area contributed by atoms with Gasteiger partial charge >= 0.3 is 0 Å². The molecule has 1 unspecified atom stereocenters. The summed E-state index contributed by atoms with van der Waals surface area (Å²) in [6.07, 6.45) is 1.09. The summed E-state index contributed by atoms with van der Waals surface area (Å²) in [6, 6.07) is 18.4. The summed E-state index contributed by atoms with van der Waals surface area (Å²) in [4.78, 5) is 0. The van der Waals surface area contributed by atoms with Gasteiger partial charge in [0.15, 0.2) is 0 Å². The molecule has 0 bridgehead atoms. The number of hydrogen-bond donors (Lipinski definition) is 1. The van der Waals surface area contributed by atoms with E-state index in [1.165, 1.54) is 22.3 Å². The minimum atomic E-state index is 0.524. The van der Waals surface area contributed by atoms with Crippen LogP contribution in [0.3, 0.4) is 0 Å². The van der Waals surface area contributed by atoms with Crippen LogP contribution in [0.4, 0.5) is 0 Å². The smallest absolute Gasteiger partial charge is 0.00257 e. The highest BCUT2D eigenvalue weighted by Crippen LogP contribution is 2.21. The molecule has 0 heterocycles. The molecule has 0 fully saturated rings. The van der Waals surface area contributed by atoms with Crippen molar-refractivity contribution in [1.82, 2.24) is 5.32 Å². The normalized spacial score (nSPS) is 12.6. The van der Waals surface area contributed by atoms with Crippen molar-refractivity contribution >= 4 is 0 Å². The van der Waals surface area contributed by atoms with Crippen molar-refractivity contribution in [1.29, 1.82) is 0 Å². The van der Waals surface area contributed by atoms with Gasteiger partial charge in [0.1, 0.15) is 0 Å². The molecular weight excluding hydrogens is 254 g/mol. The van der Waals surface area contributed by atoms with Gasteiger partial charge in [-0.05, 0) is 31.4 Å². The van der Waals surface area contributed by atoms with Crippen LogP contribution in [-0.4, -0.2) is 12.6 Å². The first kappa shape index (κ1) is 15.8. The maximum absolute atomic E-state index is 3.59. The monoisotopic (exact) mass is 281 g/mol. The van der Waals surface area contributed by atoms with Crippen molar-refractivity contribution in [3.63, 3.8) is 0 Å². The molecule has 21 heavy (non-hydrogen) atoms. The first-order valence-electron chi connectivity index (χ1n) is 7.90. The predicted octanol–water partition coefficient (Wildman–Crippen LogP) is 4.63. The number of nitrogens with one attached hydrogen (secondary N) is 1. The molecule has 2 aromatic carbocycles. The van der Waals surface area contributed by atoms with E-state index >= 15 is 0 Å². The fraction of sp³-hybridized carbons (Fsp3) is 0.400. The van der Waals surface area contributed by atoms with Gasteiger partial charge in [0.25, 0.3) is 0 Å². The van der Waals surface area contributed by atoms with Crippen molar-refractivity contribution in [3.8, 4) is 0 Å². The third-order valence-corrected chi connectivity index (χ3v) is 3.92. The topological polar surface area (TPSA) is 12.0 Å². The largest absolute Gasteiger partial charge is 0.314 e. The second-order valence-electron chi connectivity index (χ2n) is 6.36. The average molecular weight is 281 g/mol. The summed E-state index contributed by atoms with van der Waals surface area (Å²) < 4.78 is 0. The van der Waals surface area contributed by atoms with E-state index in [-0.39, 0.29) is 0 Å². The Morgan fingerprint density at radius 2 is 1.33 bits per heavy atom. The molecule has 1 N–H and O–H groups in total. The average Bonchev–Trinajstić information content (AvgIpc) is 2.46. The van der Waals surface area contributed by atoms with Crippen LogP contribution in [0, 0.1) is 13.8 Å². The summed E-state index contributed by atoms with van der Waals surface area (Å²) in [5, 5.41) is 3.59. The van der Waals surface area contributed by atoms with E-state index in [2.05, 4.69) is 81.5 Å². The first-order chi connectivity index (χ1) is 10.0. The highest BCUT2D eigenvalue weighted by Gasteiger charge is 2.13. The van der Waals surface area contributed by atoms with Gasteiger partial charge in [-0.1, -0.05) is 73.5 Å². The Morgan fingerprint density at radius 3 is 1.86 bits per heavy atom. The Kier molecular flexibility index (Phi) is 5.58. The van der Waals surface area contributed by atoms with Crippen LogP contribution < -0.4 is 5.32 Å². The Balaban J connectivity index is 2.14. The van der Waals surface area contributed by atoms with Crippen LogP contribution >= 0.6 is 0 Å². The van der Waals surface area contributed by atoms with E-state index in [1.54, 1.807) is 0 Å². The van der Waals surface area contributed by atoms with E-state index in [1.807, 2.05) is 0 Å². The van der Waals surface area contributed by atoms with E-state index in [0.29, 0.717) is 12.0 Å². The van der Waals surface area contributed by atoms with Crippen LogP contribution in [0.1, 0.15) is 42.0 Å². The van der Waals surface area contributed by atoms with Crippen molar-refractivity contribution in [2.24, 2.45) is 0 Å². The fourth-order valence-electron chi connectivity index (χ4n) is 2.53. The highest BCUT2D eigenvalue weighted by atomic mass is 14.9. The van der Waals surface area contributed by atoms with Gasteiger partial charge in [-0.2, -0.15) is 0 Å². The molecule has 1 atom stereocenters. The standard InChI is InChI=1S/C20H27N/c1-15(2)21-14-20(19-11-7-17(4)8-12-19)13-18-9-5-16(3)6-10-18/h5-12,15,20-21H,13-14H2,1-4H3. The molecule has 1 nitrogen and oxygen atoms in total. The lowest BCUT2D eigenvalue weighted by Crippen LogP contribution is -2.29. The number of aryl methyl sites for hydroxylation is 2. The quantitative estimate of drug-likeness (QED) is 0.814. The fourth-order valence-corrected chi connectivity index (χ4v) is 2.53. The first-order valence-corrected chi connectivity index (χ1v) is 7.90. The number of hydrogen-bond acceptors (Lipinski definition) is 1. The maximum atomic E-state index is 3.59. The summed E-state index contributed by atoms with van der Waals surface area (Å²) in [7, 11) is 0. The van der Waals surface area contributed by atoms with E-state index < -0.39 is 0 Å². The van der Waals surface area contributed by atoms with Crippen LogP contribution in [0.2, 0.25) is 0 Å². The van der Waals surface area contributed by atoms with E-state index in [0.717, 1.165) is 13.0 Å². The van der Waals surface area contributed by atoms with Crippen LogP contribution in [0.25, 0.3) is 0 Å². The van der Waals surface area contributed by atoms with Crippen LogP contribution in [0.15, 0.2) is 48.5 Å². The molecule has 0 aromatic heterocycles. The third kappa shape index (κ3) is 5.02. The SMILES string of the molecule is Cc1ccc(CC(CNC(C)C)c2ccc(C)cc2)cc1. The summed E-state index contributed by atoms with van der Waals surface area (Å²) in [5.41, 5.74) is 5.49. The van der Waals surface area contributed by atoms with E-state index in [9.17, 15) is 0 Å². The molecule has 0 spiro atoms. The summed E-state index contributed by atoms with van der Waals surface area (Å²) in [5.74, 6) is 0.524. The van der Waals surface area contributed by atoms with Crippen molar-refractivity contribution < 1.29 is 0 Å². The van der Waals surface area contributed by atoms with Gasteiger partial charge in [0.05, 0.1) is 0 Å². The van der Waals surface area contributed by atoms with Crippen LogP contribution in [0.5, 0.6) is 0 Å². The third-order valence-electron chi connectivity index (χ3n) is 3.92. The van der Waals surface area contributed by atoms with Crippen molar-refractivity contribution in [2.45, 2.75) is 46.1 Å². The molecule has 0 aliphatic rings. The lowest BCUT2D eigenvalue weighted by molar-refractivity contribution is 0.527. The lowest BCUT2D eigenvalue weighted by Gasteiger charge is -2.20. The zero-order chi connectivity index (χ0) is 15.2. The number of benzene rings is 2. The second kappa shape index (κ2) is 7.42. The van der Waals surface area contributed by atoms with Crippen molar-refractivity contribution in [3.05, 3.63) is 70.8 Å². The van der Waals surface area contributed by atoms with Gasteiger partial charge in [0.2, 0.25) is 0 Å². The molecule has 0 saturated carbocycles. The van der Waals surface area contributed by atoms with Gasteiger partial charge in [-0.25, -0.2) is 0 Å². The van der Waals surface area contributed by atoms with Gasteiger partial charge in [-0.15, -0.1) is 0 Å². The van der Waals surface area contributed by atoms with Crippen molar-refractivity contribution in [2.75, 3.05) is 6.54 Å². The molecule has 112 valence electrons. The van der Waals surface area contributed by atoms with Gasteiger partial charge in [-0.3, -0.25) is 0 Å². The van der Waals surface area contributed by atoms with Gasteiger partial charge in [0, 0.05) is 18.5 Å². The Bertz CT molecular complexity index is 537. The minimum absolute atomic E-state index is 0.524. The molecule has 0 aliphatic heterocycles. The molecule has 0 aliphatic carbocycles. The molecule has 0 saturated heterocycles. The van der Waals surface area contributed by atoms with E-state index in [4.69, 9.17) is 0 Å². The molecular formula is C20H27N. The highest BCUT2D eigenvalue weighted by molar-refractivity contribution is 5.28. The summed E-state index contributed by atoms with van der Waals surface area (Å²) in [6.45, 7) is 9.72. The molecule has 0 radical (unpaired) electrons. The Morgan fingerprint density at radius 1 is 0.810 bits per heavy atom. The number of rotatable bonds is 6. The second-order valence-corrected chi connectivity index (χ2v) is 6.36. The Labute approximate surface area is 129 Å². The predicted molar refractivity (Wildman–Crippen MR) is 91.9 cm³/mol. The van der Waals surface area contributed by atoms with Gasteiger partial charge < -0.3 is 5.32 Å². The summed E-state index contributed by atoms with van der Waals surface area (Å²) >= 11 is 0. The van der Waals surface area contributed by atoms with Crippen LogP contribution in [-0.2, 0) is 6.42 Å². The zero-order valence-corrected chi connectivity index (χ0v) is 13.7. The maximum Gasteiger partial charge on any atom is 0.00257 e. The Hall–Kier alpha value is -1.60. The molecule has 1 heteroatoms. The lowest BCUT2D eigenvalue weighted by atomic mass is 9.91.